The molecule has 1 amide bonds. The van der Waals surface area contributed by atoms with Gasteiger partial charge in [0.2, 0.25) is 5.91 Å². The quantitative estimate of drug-likeness (QED) is 0.689. The van der Waals surface area contributed by atoms with E-state index in [1.807, 2.05) is 46.8 Å². The first-order chi connectivity index (χ1) is 10.8. The van der Waals surface area contributed by atoms with Gasteiger partial charge in [0, 0.05) is 11.1 Å². The lowest BCUT2D eigenvalue weighted by atomic mass is 10.1. The summed E-state index contributed by atoms with van der Waals surface area (Å²) in [5.74, 6) is -0.0551. The maximum absolute atomic E-state index is 13.0. The molecular weight excluding hydrogens is 312 g/mol. The number of amides is 1. The molecule has 1 atom stereocenters. The van der Waals surface area contributed by atoms with Crippen LogP contribution >= 0.6 is 22.7 Å². The Balaban J connectivity index is 1.89. The van der Waals surface area contributed by atoms with Crippen molar-refractivity contribution in [3.8, 4) is 0 Å². The van der Waals surface area contributed by atoms with Gasteiger partial charge in [-0.05, 0) is 52.9 Å². The van der Waals surface area contributed by atoms with Crippen LogP contribution in [0.4, 0.5) is 5.69 Å². The van der Waals surface area contributed by atoms with E-state index in [0.717, 1.165) is 16.1 Å². The Morgan fingerprint density at radius 3 is 2.82 bits per heavy atom. The summed E-state index contributed by atoms with van der Waals surface area (Å²) >= 11 is 3.26. The van der Waals surface area contributed by atoms with Crippen molar-refractivity contribution in [2.75, 3.05) is 4.90 Å². The molecular formula is C17H16N2OS2. The molecule has 22 heavy (non-hydrogen) atoms. The van der Waals surface area contributed by atoms with Gasteiger partial charge < -0.3 is 4.90 Å². The van der Waals surface area contributed by atoms with E-state index in [0.29, 0.717) is 6.54 Å². The molecule has 0 aliphatic carbocycles. The number of rotatable bonds is 5. The zero-order valence-corrected chi connectivity index (χ0v) is 13.8. The molecule has 112 valence electrons. The summed E-state index contributed by atoms with van der Waals surface area (Å²) in [6.07, 6.45) is 3.46. The van der Waals surface area contributed by atoms with Gasteiger partial charge in [0.15, 0.2) is 0 Å². The standard InChI is InChI=1S/C17H16N2OS2/c1-13(16-5-3-8-22-16)17(20)19(11-14-6-9-21-12-14)15-4-2-7-18-10-15/h2-10,12-13H,11H2,1H3/t13-/m1/s1. The van der Waals surface area contributed by atoms with Gasteiger partial charge >= 0.3 is 0 Å². The fourth-order valence-corrected chi connectivity index (χ4v) is 3.70. The lowest BCUT2D eigenvalue weighted by Crippen LogP contribution is -2.33. The number of carbonyl (C=O) groups excluding carboxylic acids is 1. The number of anilines is 1. The third-order valence-electron chi connectivity index (χ3n) is 3.48. The maximum Gasteiger partial charge on any atom is 0.235 e. The first kappa shape index (κ1) is 14.9. The minimum Gasteiger partial charge on any atom is -0.306 e. The van der Waals surface area contributed by atoms with Crippen molar-refractivity contribution >= 4 is 34.3 Å². The number of thiophene rings is 2. The number of carbonyl (C=O) groups is 1. The Morgan fingerprint density at radius 1 is 1.27 bits per heavy atom. The summed E-state index contributed by atoms with van der Waals surface area (Å²) in [5, 5.41) is 6.11. The van der Waals surface area contributed by atoms with Crippen LogP contribution in [0.1, 0.15) is 23.3 Å². The van der Waals surface area contributed by atoms with Crippen LogP contribution in [0.25, 0.3) is 0 Å². The minimum absolute atomic E-state index is 0.0988. The van der Waals surface area contributed by atoms with Gasteiger partial charge in [-0.1, -0.05) is 6.07 Å². The summed E-state index contributed by atoms with van der Waals surface area (Å²) in [4.78, 5) is 20.0. The van der Waals surface area contributed by atoms with Gasteiger partial charge in [-0.25, -0.2) is 0 Å². The monoisotopic (exact) mass is 328 g/mol. The van der Waals surface area contributed by atoms with Crippen LogP contribution in [0.2, 0.25) is 0 Å². The molecule has 0 aliphatic heterocycles. The number of hydrogen-bond acceptors (Lipinski definition) is 4. The molecule has 0 radical (unpaired) electrons. The predicted molar refractivity (Wildman–Crippen MR) is 92.5 cm³/mol. The molecule has 3 aromatic rings. The maximum atomic E-state index is 13.0. The first-order valence-electron chi connectivity index (χ1n) is 7.01. The van der Waals surface area contributed by atoms with Crippen LogP contribution in [0, 0.1) is 0 Å². The fraction of sp³-hybridized carbons (Fsp3) is 0.176. The van der Waals surface area contributed by atoms with Crippen molar-refractivity contribution in [2.45, 2.75) is 19.4 Å². The van der Waals surface area contributed by atoms with E-state index in [4.69, 9.17) is 0 Å². The van der Waals surface area contributed by atoms with Crippen LogP contribution in [0.15, 0.2) is 58.9 Å². The number of pyridine rings is 1. The van der Waals surface area contributed by atoms with E-state index >= 15 is 0 Å². The smallest absolute Gasteiger partial charge is 0.235 e. The lowest BCUT2D eigenvalue weighted by molar-refractivity contribution is -0.119. The van der Waals surface area contributed by atoms with Gasteiger partial charge in [0.05, 0.1) is 24.3 Å². The van der Waals surface area contributed by atoms with E-state index in [9.17, 15) is 4.79 Å². The Kier molecular flexibility index (Phi) is 4.65. The summed E-state index contributed by atoms with van der Waals surface area (Å²) in [7, 11) is 0. The van der Waals surface area contributed by atoms with Gasteiger partial charge in [-0.3, -0.25) is 9.78 Å². The van der Waals surface area contributed by atoms with E-state index in [1.54, 1.807) is 35.1 Å². The molecule has 0 bridgehead atoms. The lowest BCUT2D eigenvalue weighted by Gasteiger charge is -2.25. The summed E-state index contributed by atoms with van der Waals surface area (Å²) in [5.41, 5.74) is 1.97. The molecule has 0 aromatic carbocycles. The second-order valence-electron chi connectivity index (χ2n) is 5.00. The molecule has 3 nitrogen and oxygen atoms in total. The molecule has 3 rings (SSSR count). The highest BCUT2D eigenvalue weighted by molar-refractivity contribution is 7.10. The Morgan fingerprint density at radius 2 is 2.18 bits per heavy atom. The van der Waals surface area contributed by atoms with Gasteiger partial charge in [-0.15, -0.1) is 11.3 Å². The predicted octanol–water partition coefficient (Wildman–Crippen LogP) is 4.54. The second kappa shape index (κ2) is 6.85. The fourth-order valence-electron chi connectivity index (χ4n) is 2.27. The first-order valence-corrected chi connectivity index (χ1v) is 8.84. The number of aromatic nitrogens is 1. The molecule has 0 aliphatic rings. The summed E-state index contributed by atoms with van der Waals surface area (Å²) < 4.78 is 0. The molecule has 0 fully saturated rings. The van der Waals surface area contributed by atoms with Crippen LogP contribution in [0.5, 0.6) is 0 Å². The molecule has 0 unspecified atom stereocenters. The SMILES string of the molecule is C[C@@H](C(=O)N(Cc1ccsc1)c1cccnc1)c1cccs1. The van der Waals surface area contributed by atoms with Gasteiger partial charge in [-0.2, -0.15) is 11.3 Å². The van der Waals surface area contributed by atoms with E-state index < -0.39 is 0 Å². The van der Waals surface area contributed by atoms with Crippen LogP contribution in [-0.4, -0.2) is 10.9 Å². The third-order valence-corrected chi connectivity index (χ3v) is 5.27. The van der Waals surface area contributed by atoms with E-state index in [1.165, 1.54) is 0 Å². The van der Waals surface area contributed by atoms with Gasteiger partial charge in [0.25, 0.3) is 0 Å². The number of nitrogens with zero attached hydrogens (tertiary/aromatic N) is 2. The Bertz CT molecular complexity index is 708. The summed E-state index contributed by atoms with van der Waals surface area (Å²) in [6, 6.07) is 9.84. The zero-order valence-electron chi connectivity index (χ0n) is 12.2. The Hall–Kier alpha value is -1.98. The Labute approximate surface area is 137 Å². The molecule has 0 spiro atoms. The highest BCUT2D eigenvalue weighted by Gasteiger charge is 2.24. The van der Waals surface area contributed by atoms with Crippen LogP contribution < -0.4 is 4.90 Å². The molecule has 0 N–H and O–H groups in total. The molecule has 3 aromatic heterocycles. The van der Waals surface area contributed by atoms with Crippen LogP contribution in [-0.2, 0) is 11.3 Å². The van der Waals surface area contributed by atoms with Crippen LogP contribution in [0.3, 0.4) is 0 Å². The normalized spacial score (nSPS) is 12.0. The van der Waals surface area contributed by atoms with Crippen molar-refractivity contribution in [3.05, 3.63) is 69.3 Å². The third kappa shape index (κ3) is 3.26. The summed E-state index contributed by atoms with van der Waals surface area (Å²) in [6.45, 7) is 2.54. The van der Waals surface area contributed by atoms with Gasteiger partial charge in [0.1, 0.15) is 0 Å². The van der Waals surface area contributed by atoms with Crippen molar-refractivity contribution in [1.82, 2.24) is 4.98 Å². The number of hydrogen-bond donors (Lipinski definition) is 0. The van der Waals surface area contributed by atoms with E-state index in [2.05, 4.69) is 16.4 Å². The van der Waals surface area contributed by atoms with Crippen molar-refractivity contribution in [3.63, 3.8) is 0 Å². The zero-order chi connectivity index (χ0) is 15.4. The van der Waals surface area contributed by atoms with Crippen molar-refractivity contribution in [1.29, 1.82) is 0 Å². The average molecular weight is 328 g/mol. The topological polar surface area (TPSA) is 33.2 Å². The highest BCUT2D eigenvalue weighted by atomic mass is 32.1. The minimum atomic E-state index is -0.154. The van der Waals surface area contributed by atoms with Crippen molar-refractivity contribution in [2.24, 2.45) is 0 Å². The molecule has 3 heterocycles. The van der Waals surface area contributed by atoms with Crippen molar-refractivity contribution < 1.29 is 4.79 Å². The average Bonchev–Trinajstić information content (AvgIpc) is 3.25. The molecule has 0 saturated heterocycles. The molecule has 5 heteroatoms. The molecule has 0 saturated carbocycles. The largest absolute Gasteiger partial charge is 0.306 e. The second-order valence-corrected chi connectivity index (χ2v) is 6.76. The van der Waals surface area contributed by atoms with E-state index in [-0.39, 0.29) is 11.8 Å². The highest BCUT2D eigenvalue weighted by Crippen LogP contribution is 2.27.